The first-order chi connectivity index (χ1) is 10.4. The van der Waals surface area contributed by atoms with Crippen molar-refractivity contribution in [3.63, 3.8) is 0 Å². The summed E-state index contributed by atoms with van der Waals surface area (Å²) in [5.74, 6) is -1.05. The van der Waals surface area contributed by atoms with Gasteiger partial charge in [0.05, 0.1) is 0 Å². The highest BCUT2D eigenvalue weighted by Gasteiger charge is 2.44. The van der Waals surface area contributed by atoms with Crippen LogP contribution in [0.3, 0.4) is 0 Å². The molecule has 1 aliphatic carbocycles. The van der Waals surface area contributed by atoms with Crippen LogP contribution in [0.5, 0.6) is 0 Å². The maximum atomic E-state index is 12.5. The molecule has 1 amide bonds. The Morgan fingerprint density at radius 3 is 2.32 bits per heavy atom. The van der Waals surface area contributed by atoms with E-state index in [0.29, 0.717) is 6.42 Å². The van der Waals surface area contributed by atoms with Crippen LogP contribution in [0.1, 0.15) is 39.0 Å². The van der Waals surface area contributed by atoms with Crippen molar-refractivity contribution in [2.75, 3.05) is 26.2 Å². The Hall–Kier alpha value is -1.15. The van der Waals surface area contributed by atoms with Crippen LogP contribution in [-0.2, 0) is 19.6 Å². The smallest absolute Gasteiger partial charge is 0.318 e. The molecule has 1 N–H and O–H groups in total. The van der Waals surface area contributed by atoms with Crippen molar-refractivity contribution in [1.82, 2.24) is 9.21 Å². The molecule has 7 nitrogen and oxygen atoms in total. The van der Waals surface area contributed by atoms with Crippen LogP contribution in [-0.4, -0.2) is 66.0 Å². The summed E-state index contributed by atoms with van der Waals surface area (Å²) in [6, 6.07) is 0. The third-order valence-electron chi connectivity index (χ3n) is 4.43. The SMILES string of the molecule is CCCN(CC(=O)O)S(=O)(=O)C1CN(C(=O)C2CCCC2)C1. The molecule has 8 heteroatoms. The Balaban J connectivity index is 1.94. The fraction of sp³-hybridized carbons (Fsp3) is 0.857. The first kappa shape index (κ1) is 17.2. The number of aliphatic carboxylic acids is 1. The van der Waals surface area contributed by atoms with Gasteiger partial charge in [0.15, 0.2) is 0 Å². The van der Waals surface area contributed by atoms with Crippen molar-refractivity contribution in [1.29, 1.82) is 0 Å². The summed E-state index contributed by atoms with van der Waals surface area (Å²) < 4.78 is 25.9. The van der Waals surface area contributed by atoms with E-state index in [-0.39, 0.29) is 31.5 Å². The second kappa shape index (κ2) is 6.95. The average molecular weight is 332 g/mol. The summed E-state index contributed by atoms with van der Waals surface area (Å²) in [7, 11) is -3.65. The number of nitrogens with zero attached hydrogens (tertiary/aromatic N) is 2. The predicted molar refractivity (Wildman–Crippen MR) is 80.7 cm³/mol. The number of amides is 1. The van der Waals surface area contributed by atoms with Crippen LogP contribution in [0.25, 0.3) is 0 Å². The topological polar surface area (TPSA) is 95.0 Å². The molecule has 0 aromatic rings. The van der Waals surface area contributed by atoms with Gasteiger partial charge < -0.3 is 10.0 Å². The van der Waals surface area contributed by atoms with Crippen LogP contribution in [0.15, 0.2) is 0 Å². The van der Waals surface area contributed by atoms with E-state index in [1.165, 1.54) is 0 Å². The van der Waals surface area contributed by atoms with Crippen molar-refractivity contribution in [3.05, 3.63) is 0 Å². The fourth-order valence-corrected chi connectivity index (χ4v) is 5.03. The molecule has 0 aromatic heterocycles. The summed E-state index contributed by atoms with van der Waals surface area (Å²) in [5, 5.41) is 8.20. The maximum absolute atomic E-state index is 12.5. The number of carbonyl (C=O) groups is 2. The zero-order chi connectivity index (χ0) is 16.3. The highest BCUT2D eigenvalue weighted by molar-refractivity contribution is 7.89. The highest BCUT2D eigenvalue weighted by atomic mass is 32.2. The molecular formula is C14H24N2O5S. The van der Waals surface area contributed by atoms with Crippen LogP contribution < -0.4 is 0 Å². The molecule has 2 rings (SSSR count). The van der Waals surface area contributed by atoms with E-state index in [0.717, 1.165) is 30.0 Å². The minimum atomic E-state index is -3.65. The van der Waals surface area contributed by atoms with E-state index in [4.69, 9.17) is 5.11 Å². The van der Waals surface area contributed by atoms with Crippen molar-refractivity contribution >= 4 is 21.9 Å². The van der Waals surface area contributed by atoms with Crippen molar-refractivity contribution in [3.8, 4) is 0 Å². The van der Waals surface area contributed by atoms with Crippen molar-refractivity contribution in [2.45, 2.75) is 44.3 Å². The summed E-state index contributed by atoms with van der Waals surface area (Å²) in [4.78, 5) is 24.6. The van der Waals surface area contributed by atoms with Crippen LogP contribution in [0, 0.1) is 5.92 Å². The lowest BCUT2D eigenvalue weighted by atomic mass is 10.0. The standard InChI is InChI=1S/C14H24N2O5S/c1-2-7-16(10-13(17)18)22(20,21)12-8-15(9-12)14(19)11-5-3-4-6-11/h11-12H,2-10H2,1H3,(H,17,18). The van der Waals surface area contributed by atoms with E-state index in [9.17, 15) is 18.0 Å². The lowest BCUT2D eigenvalue weighted by Crippen LogP contribution is -2.61. The molecule has 126 valence electrons. The second-order valence-corrected chi connectivity index (χ2v) is 8.33. The molecule has 1 saturated heterocycles. The van der Waals surface area contributed by atoms with Crippen LogP contribution >= 0.6 is 0 Å². The number of carboxylic acids is 1. The van der Waals surface area contributed by atoms with Gasteiger partial charge in [-0.25, -0.2) is 8.42 Å². The third-order valence-corrected chi connectivity index (χ3v) is 6.60. The predicted octanol–water partition coefficient (Wildman–Crippen LogP) is 0.514. The number of carboxylic acid groups (broad SMARTS) is 1. The molecule has 2 aliphatic rings. The van der Waals surface area contributed by atoms with Gasteiger partial charge in [0.25, 0.3) is 0 Å². The largest absolute Gasteiger partial charge is 0.480 e. The van der Waals surface area contributed by atoms with Gasteiger partial charge in [-0.05, 0) is 19.3 Å². The van der Waals surface area contributed by atoms with Crippen molar-refractivity contribution < 1.29 is 23.1 Å². The van der Waals surface area contributed by atoms with Gasteiger partial charge in [-0.1, -0.05) is 19.8 Å². The first-order valence-electron chi connectivity index (χ1n) is 7.85. The van der Waals surface area contributed by atoms with E-state index >= 15 is 0 Å². The van der Waals surface area contributed by atoms with Crippen molar-refractivity contribution in [2.24, 2.45) is 5.92 Å². The number of rotatable bonds is 7. The molecule has 0 aromatic carbocycles. The Labute approximate surface area is 131 Å². The van der Waals surface area contributed by atoms with Gasteiger partial charge in [-0.2, -0.15) is 4.31 Å². The van der Waals surface area contributed by atoms with Gasteiger partial charge >= 0.3 is 5.97 Å². The number of carbonyl (C=O) groups excluding carboxylic acids is 1. The van der Waals surface area contributed by atoms with E-state index in [2.05, 4.69) is 0 Å². The zero-order valence-electron chi connectivity index (χ0n) is 12.9. The number of likely N-dealkylation sites (tertiary alicyclic amines) is 1. The summed E-state index contributed by atoms with van der Waals surface area (Å²) in [6.45, 7) is 1.88. The lowest BCUT2D eigenvalue weighted by molar-refractivity contribution is -0.139. The van der Waals surface area contributed by atoms with E-state index in [1.807, 2.05) is 0 Å². The Morgan fingerprint density at radius 1 is 1.23 bits per heavy atom. The van der Waals surface area contributed by atoms with E-state index < -0.39 is 27.8 Å². The Kier molecular flexibility index (Phi) is 5.44. The molecule has 0 radical (unpaired) electrons. The molecular weight excluding hydrogens is 308 g/mol. The highest BCUT2D eigenvalue weighted by Crippen LogP contribution is 2.29. The second-order valence-electron chi connectivity index (χ2n) is 6.12. The maximum Gasteiger partial charge on any atom is 0.318 e. The molecule has 0 spiro atoms. The molecule has 1 heterocycles. The Morgan fingerprint density at radius 2 is 1.82 bits per heavy atom. The number of hydrogen-bond donors (Lipinski definition) is 1. The molecule has 1 saturated carbocycles. The minimum Gasteiger partial charge on any atom is -0.480 e. The molecule has 0 bridgehead atoms. The lowest BCUT2D eigenvalue weighted by Gasteiger charge is -2.41. The van der Waals surface area contributed by atoms with Gasteiger partial charge in [-0.3, -0.25) is 9.59 Å². The molecule has 0 unspecified atom stereocenters. The molecule has 1 aliphatic heterocycles. The summed E-state index contributed by atoms with van der Waals surface area (Å²) in [6.07, 6.45) is 4.48. The molecule has 0 atom stereocenters. The van der Waals surface area contributed by atoms with Gasteiger partial charge in [0, 0.05) is 25.6 Å². The summed E-state index contributed by atoms with van der Waals surface area (Å²) >= 11 is 0. The van der Waals surface area contributed by atoms with Crippen LogP contribution in [0.4, 0.5) is 0 Å². The Bertz CT molecular complexity index is 521. The zero-order valence-corrected chi connectivity index (χ0v) is 13.7. The molecule has 2 fully saturated rings. The van der Waals surface area contributed by atoms with E-state index in [1.54, 1.807) is 11.8 Å². The van der Waals surface area contributed by atoms with Gasteiger partial charge in [-0.15, -0.1) is 0 Å². The van der Waals surface area contributed by atoms with Gasteiger partial charge in [0.1, 0.15) is 11.8 Å². The molecule has 22 heavy (non-hydrogen) atoms. The third kappa shape index (κ3) is 3.60. The summed E-state index contributed by atoms with van der Waals surface area (Å²) in [5.41, 5.74) is 0. The van der Waals surface area contributed by atoms with Gasteiger partial charge in [0.2, 0.25) is 15.9 Å². The number of hydrogen-bond acceptors (Lipinski definition) is 4. The minimum absolute atomic E-state index is 0.0504. The van der Waals surface area contributed by atoms with Crippen LogP contribution in [0.2, 0.25) is 0 Å². The normalized spacial score (nSPS) is 20.4. The quantitative estimate of drug-likeness (QED) is 0.733. The monoisotopic (exact) mass is 332 g/mol. The first-order valence-corrected chi connectivity index (χ1v) is 9.36. The fourth-order valence-electron chi connectivity index (χ4n) is 3.14. The number of sulfonamides is 1. The average Bonchev–Trinajstić information content (AvgIpc) is 2.89.